The highest BCUT2D eigenvalue weighted by Gasteiger charge is 2.23. The van der Waals surface area contributed by atoms with Crippen molar-refractivity contribution in [2.75, 3.05) is 13.1 Å². The van der Waals surface area contributed by atoms with Crippen molar-refractivity contribution >= 4 is 18.0 Å². The van der Waals surface area contributed by atoms with Crippen molar-refractivity contribution in [3.63, 3.8) is 0 Å². The molecule has 0 saturated carbocycles. The average molecular weight is 261 g/mol. The molecule has 100 valence electrons. The number of benzene rings is 1. The molecular formula is C13H15N3O3. The minimum atomic E-state index is -0.756. The largest absolute Gasteiger partial charge is 0.507 e. The van der Waals surface area contributed by atoms with Crippen LogP contribution in [-0.2, 0) is 9.59 Å². The molecule has 1 aliphatic heterocycles. The topological polar surface area (TPSA) is 82.0 Å². The fourth-order valence-corrected chi connectivity index (χ4v) is 1.87. The summed E-state index contributed by atoms with van der Waals surface area (Å²) in [6, 6.07) is 6.58. The second-order valence-corrected chi connectivity index (χ2v) is 4.26. The first-order valence-electron chi connectivity index (χ1n) is 6.09. The van der Waals surface area contributed by atoms with Crippen LogP contribution in [0.5, 0.6) is 5.75 Å². The molecule has 6 heteroatoms. The lowest BCUT2D eigenvalue weighted by molar-refractivity contribution is -0.145. The van der Waals surface area contributed by atoms with E-state index in [4.69, 9.17) is 0 Å². The standard InChI is InChI=1S/C13H15N3O3/c17-11-6-2-1-5-10(11)9-14-15-12(18)13(19)16-7-3-4-8-16/h1-2,5-6,9,17H,3-4,7-8H2,(H,15,18). The Labute approximate surface area is 110 Å². The third-order valence-corrected chi connectivity index (χ3v) is 2.89. The van der Waals surface area contributed by atoms with Gasteiger partial charge in [0, 0.05) is 18.7 Å². The number of likely N-dealkylation sites (tertiary alicyclic amines) is 1. The van der Waals surface area contributed by atoms with E-state index in [1.165, 1.54) is 17.2 Å². The van der Waals surface area contributed by atoms with Gasteiger partial charge in [-0.15, -0.1) is 0 Å². The Kier molecular flexibility index (Phi) is 4.12. The zero-order chi connectivity index (χ0) is 13.7. The van der Waals surface area contributed by atoms with Gasteiger partial charge in [-0.2, -0.15) is 5.10 Å². The maximum absolute atomic E-state index is 11.6. The van der Waals surface area contributed by atoms with Gasteiger partial charge < -0.3 is 10.0 Å². The number of phenolic OH excluding ortho intramolecular Hbond substituents is 1. The van der Waals surface area contributed by atoms with E-state index in [1.54, 1.807) is 18.2 Å². The fourth-order valence-electron chi connectivity index (χ4n) is 1.87. The Morgan fingerprint density at radius 2 is 1.95 bits per heavy atom. The van der Waals surface area contributed by atoms with Crippen molar-refractivity contribution < 1.29 is 14.7 Å². The number of nitrogens with one attached hydrogen (secondary N) is 1. The lowest BCUT2D eigenvalue weighted by Gasteiger charge is -2.12. The number of hydrogen-bond acceptors (Lipinski definition) is 4. The summed E-state index contributed by atoms with van der Waals surface area (Å²) in [5, 5.41) is 13.1. The summed E-state index contributed by atoms with van der Waals surface area (Å²) in [5.41, 5.74) is 2.63. The highest BCUT2D eigenvalue weighted by Crippen LogP contribution is 2.12. The number of amides is 2. The first kappa shape index (κ1) is 13.1. The molecule has 1 heterocycles. The Balaban J connectivity index is 1.89. The molecule has 0 bridgehead atoms. The van der Waals surface area contributed by atoms with Gasteiger partial charge >= 0.3 is 11.8 Å². The first-order chi connectivity index (χ1) is 9.18. The Morgan fingerprint density at radius 1 is 1.26 bits per heavy atom. The zero-order valence-electron chi connectivity index (χ0n) is 10.4. The molecule has 1 aromatic rings. The number of rotatable bonds is 2. The summed E-state index contributed by atoms with van der Waals surface area (Å²) >= 11 is 0. The number of aromatic hydroxyl groups is 1. The van der Waals surface area contributed by atoms with E-state index in [-0.39, 0.29) is 5.75 Å². The summed E-state index contributed by atoms with van der Waals surface area (Å²) in [6.45, 7) is 1.24. The normalized spacial score (nSPS) is 14.8. The van der Waals surface area contributed by atoms with Gasteiger partial charge in [0.2, 0.25) is 0 Å². The predicted octanol–water partition coefficient (Wildman–Crippen LogP) is 0.465. The maximum Gasteiger partial charge on any atom is 0.329 e. The second-order valence-electron chi connectivity index (χ2n) is 4.26. The van der Waals surface area contributed by atoms with Gasteiger partial charge in [-0.05, 0) is 25.0 Å². The molecule has 1 saturated heterocycles. The number of carbonyl (C=O) groups is 2. The van der Waals surface area contributed by atoms with Gasteiger partial charge in [0.05, 0.1) is 6.21 Å². The number of hydrazone groups is 1. The Hall–Kier alpha value is -2.37. The van der Waals surface area contributed by atoms with E-state index in [1.807, 2.05) is 0 Å². The minimum Gasteiger partial charge on any atom is -0.507 e. The SMILES string of the molecule is O=C(NN=Cc1ccccc1O)C(=O)N1CCCC1. The summed E-state index contributed by atoms with van der Waals surface area (Å²) in [5.74, 6) is -1.26. The van der Waals surface area contributed by atoms with Gasteiger partial charge in [-0.3, -0.25) is 9.59 Å². The molecule has 2 rings (SSSR count). The van der Waals surface area contributed by atoms with Gasteiger partial charge in [-0.1, -0.05) is 12.1 Å². The number of carbonyl (C=O) groups excluding carboxylic acids is 2. The van der Waals surface area contributed by atoms with Crippen LogP contribution in [0.3, 0.4) is 0 Å². The molecule has 0 atom stereocenters. The monoisotopic (exact) mass is 261 g/mol. The van der Waals surface area contributed by atoms with Crippen molar-refractivity contribution in [3.8, 4) is 5.75 Å². The quantitative estimate of drug-likeness (QED) is 0.461. The number of para-hydroxylation sites is 1. The third-order valence-electron chi connectivity index (χ3n) is 2.89. The van der Waals surface area contributed by atoms with Crippen molar-refractivity contribution in [2.45, 2.75) is 12.8 Å². The summed E-state index contributed by atoms with van der Waals surface area (Å²) in [7, 11) is 0. The molecule has 0 radical (unpaired) electrons. The molecule has 6 nitrogen and oxygen atoms in total. The fraction of sp³-hybridized carbons (Fsp3) is 0.308. The van der Waals surface area contributed by atoms with E-state index in [0.717, 1.165) is 12.8 Å². The molecule has 2 amide bonds. The van der Waals surface area contributed by atoms with Crippen LogP contribution in [0.15, 0.2) is 29.4 Å². The van der Waals surface area contributed by atoms with Crippen LogP contribution in [0.1, 0.15) is 18.4 Å². The maximum atomic E-state index is 11.6. The van der Waals surface area contributed by atoms with Gasteiger partial charge in [0.1, 0.15) is 5.75 Å². The van der Waals surface area contributed by atoms with Crippen molar-refractivity contribution in [1.82, 2.24) is 10.3 Å². The minimum absolute atomic E-state index is 0.0615. The highest BCUT2D eigenvalue weighted by molar-refractivity contribution is 6.35. The van der Waals surface area contributed by atoms with Crippen LogP contribution in [0, 0.1) is 0 Å². The number of hydrogen-bond donors (Lipinski definition) is 2. The molecule has 1 aliphatic rings. The van der Waals surface area contributed by atoms with Crippen molar-refractivity contribution in [2.24, 2.45) is 5.10 Å². The van der Waals surface area contributed by atoms with Crippen LogP contribution < -0.4 is 5.43 Å². The number of nitrogens with zero attached hydrogens (tertiary/aromatic N) is 2. The third kappa shape index (κ3) is 3.31. The van der Waals surface area contributed by atoms with Crippen LogP contribution in [-0.4, -0.2) is 41.1 Å². The lowest BCUT2D eigenvalue weighted by Crippen LogP contribution is -2.39. The Morgan fingerprint density at radius 3 is 2.63 bits per heavy atom. The highest BCUT2D eigenvalue weighted by atomic mass is 16.3. The smallest absolute Gasteiger partial charge is 0.329 e. The van der Waals surface area contributed by atoms with E-state index >= 15 is 0 Å². The number of phenols is 1. The first-order valence-corrected chi connectivity index (χ1v) is 6.09. The average Bonchev–Trinajstić information content (AvgIpc) is 2.94. The van der Waals surface area contributed by atoms with Crippen molar-refractivity contribution in [3.05, 3.63) is 29.8 Å². The van der Waals surface area contributed by atoms with Gasteiger partial charge in [0.15, 0.2) is 0 Å². The zero-order valence-corrected chi connectivity index (χ0v) is 10.4. The molecule has 0 aliphatic carbocycles. The van der Waals surface area contributed by atoms with Crippen LogP contribution in [0.25, 0.3) is 0 Å². The predicted molar refractivity (Wildman–Crippen MR) is 69.7 cm³/mol. The van der Waals surface area contributed by atoms with Crippen molar-refractivity contribution in [1.29, 1.82) is 0 Å². The van der Waals surface area contributed by atoms with Gasteiger partial charge in [0.25, 0.3) is 0 Å². The van der Waals surface area contributed by atoms with E-state index in [0.29, 0.717) is 18.7 Å². The van der Waals surface area contributed by atoms with Crippen LogP contribution in [0.4, 0.5) is 0 Å². The van der Waals surface area contributed by atoms with E-state index in [9.17, 15) is 14.7 Å². The molecule has 2 N–H and O–H groups in total. The molecule has 0 aromatic heterocycles. The van der Waals surface area contributed by atoms with Crippen LogP contribution >= 0.6 is 0 Å². The lowest BCUT2D eigenvalue weighted by atomic mass is 10.2. The Bertz CT molecular complexity index is 508. The summed E-state index contributed by atoms with van der Waals surface area (Å²) in [4.78, 5) is 24.7. The van der Waals surface area contributed by atoms with E-state index in [2.05, 4.69) is 10.5 Å². The molecule has 1 aromatic carbocycles. The van der Waals surface area contributed by atoms with E-state index < -0.39 is 11.8 Å². The summed E-state index contributed by atoms with van der Waals surface area (Å²) in [6.07, 6.45) is 3.16. The molecule has 0 unspecified atom stereocenters. The van der Waals surface area contributed by atoms with Crippen LogP contribution in [0.2, 0.25) is 0 Å². The van der Waals surface area contributed by atoms with Gasteiger partial charge in [-0.25, -0.2) is 5.43 Å². The second kappa shape index (κ2) is 5.99. The summed E-state index contributed by atoms with van der Waals surface area (Å²) < 4.78 is 0. The molecule has 1 fully saturated rings. The molecule has 0 spiro atoms. The molecule has 19 heavy (non-hydrogen) atoms. The molecular weight excluding hydrogens is 246 g/mol.